The van der Waals surface area contributed by atoms with E-state index in [1.807, 2.05) is 6.07 Å². The number of H-pyrrole nitrogens is 1. The van der Waals surface area contributed by atoms with Gasteiger partial charge >= 0.3 is 5.97 Å². The molecule has 1 aromatic heterocycles. The van der Waals surface area contributed by atoms with Crippen LogP contribution in [0.4, 0.5) is 0 Å². The van der Waals surface area contributed by atoms with Crippen molar-refractivity contribution in [2.24, 2.45) is 5.92 Å². The topological polar surface area (TPSA) is 77.6 Å². The van der Waals surface area contributed by atoms with E-state index in [9.17, 15) is 9.90 Å². The number of aromatic amines is 1. The van der Waals surface area contributed by atoms with E-state index >= 15 is 0 Å². The van der Waals surface area contributed by atoms with Gasteiger partial charge in [-0.05, 0) is 36.8 Å². The summed E-state index contributed by atoms with van der Waals surface area (Å²) in [6.45, 7) is 5.23. The lowest BCUT2D eigenvalue weighted by Gasteiger charge is -2.51. The van der Waals surface area contributed by atoms with Crippen molar-refractivity contribution < 1.29 is 14.6 Å². The summed E-state index contributed by atoms with van der Waals surface area (Å²) in [6, 6.07) is 8.88. The van der Waals surface area contributed by atoms with Crippen LogP contribution in [-0.2, 0) is 16.0 Å². The highest BCUT2D eigenvalue weighted by atomic mass is 16.5. The van der Waals surface area contributed by atoms with Gasteiger partial charge in [0.1, 0.15) is 6.04 Å². The zero-order valence-electron chi connectivity index (χ0n) is 17.6. The third-order valence-electron chi connectivity index (χ3n) is 6.54. The lowest BCUT2D eigenvalue weighted by atomic mass is 9.79. The molecule has 0 spiro atoms. The molecule has 1 aromatic carbocycles. The smallest absolute Gasteiger partial charge is 0.323 e. The van der Waals surface area contributed by atoms with Crippen LogP contribution in [0.2, 0.25) is 0 Å². The van der Waals surface area contributed by atoms with Crippen LogP contribution in [0.25, 0.3) is 10.9 Å². The summed E-state index contributed by atoms with van der Waals surface area (Å²) in [5, 5.41) is 14.0. The number of carbonyl (C=O) groups excluding carboxylic acids is 1. The van der Waals surface area contributed by atoms with Crippen molar-refractivity contribution in [3.63, 3.8) is 0 Å². The summed E-state index contributed by atoms with van der Waals surface area (Å²) in [6.07, 6.45) is 3.63. The first-order chi connectivity index (χ1) is 14.0. The largest absolute Gasteiger partial charge is 0.468 e. The van der Waals surface area contributed by atoms with Crippen molar-refractivity contribution in [1.29, 1.82) is 0 Å². The number of fused-ring (bicyclic) bond motifs is 5. The van der Waals surface area contributed by atoms with E-state index in [0.29, 0.717) is 31.0 Å². The van der Waals surface area contributed by atoms with E-state index < -0.39 is 0 Å². The van der Waals surface area contributed by atoms with Gasteiger partial charge < -0.3 is 20.1 Å². The van der Waals surface area contributed by atoms with E-state index in [1.165, 1.54) is 23.8 Å². The highest BCUT2D eigenvalue weighted by Gasteiger charge is 2.47. The highest BCUT2D eigenvalue weighted by molar-refractivity contribution is 5.87. The fourth-order valence-corrected chi connectivity index (χ4v) is 5.49. The maximum Gasteiger partial charge on any atom is 0.323 e. The number of aliphatic hydroxyl groups excluding tert-OH is 1. The molecule has 0 unspecified atom stereocenters. The number of hydrogen-bond donors (Lipinski definition) is 3. The molecule has 0 bridgehead atoms. The van der Waals surface area contributed by atoms with Gasteiger partial charge in [-0.15, -0.1) is 0 Å². The number of esters is 1. The van der Waals surface area contributed by atoms with Gasteiger partial charge in [0.25, 0.3) is 0 Å². The number of aliphatic hydroxyl groups is 1. The Morgan fingerprint density at radius 3 is 2.86 bits per heavy atom. The molecule has 0 amide bonds. The van der Waals surface area contributed by atoms with Crippen LogP contribution in [0.15, 0.2) is 24.3 Å². The quantitative estimate of drug-likeness (QED) is 0.651. The molecule has 0 aliphatic carbocycles. The number of nitrogens with zero attached hydrogens (tertiary/aromatic N) is 1. The molecule has 1 fully saturated rings. The van der Waals surface area contributed by atoms with Crippen LogP contribution < -0.4 is 5.32 Å². The second-order valence-corrected chi connectivity index (χ2v) is 8.90. The highest BCUT2D eigenvalue weighted by Crippen LogP contribution is 2.45. The first-order valence-electron chi connectivity index (χ1n) is 10.8. The Kier molecular flexibility index (Phi) is 5.95. The van der Waals surface area contributed by atoms with Gasteiger partial charge in [0.15, 0.2) is 0 Å². The number of para-hydroxylation sites is 1. The predicted molar refractivity (Wildman–Crippen MR) is 114 cm³/mol. The number of hydrogen-bond acceptors (Lipinski definition) is 5. The molecular formula is C23H33N3O3. The van der Waals surface area contributed by atoms with Crippen molar-refractivity contribution >= 4 is 16.9 Å². The minimum Gasteiger partial charge on any atom is -0.468 e. The third-order valence-corrected chi connectivity index (χ3v) is 6.54. The van der Waals surface area contributed by atoms with Gasteiger partial charge in [-0.2, -0.15) is 0 Å². The van der Waals surface area contributed by atoms with Crippen molar-refractivity contribution in [3.05, 3.63) is 35.5 Å². The zero-order chi connectivity index (χ0) is 20.5. The Morgan fingerprint density at radius 1 is 1.34 bits per heavy atom. The van der Waals surface area contributed by atoms with Gasteiger partial charge in [-0.25, -0.2) is 0 Å². The average Bonchev–Trinajstić information content (AvgIpc) is 3.09. The normalized spacial score (nSPS) is 27.1. The van der Waals surface area contributed by atoms with Gasteiger partial charge in [-0.3, -0.25) is 9.69 Å². The molecule has 0 radical (unpaired) electrons. The predicted octanol–water partition coefficient (Wildman–Crippen LogP) is 2.77. The van der Waals surface area contributed by atoms with Crippen LogP contribution >= 0.6 is 0 Å². The molecule has 4 rings (SSSR count). The second kappa shape index (κ2) is 8.46. The Hall–Kier alpha value is -1.89. The van der Waals surface area contributed by atoms with Crippen LogP contribution in [0.5, 0.6) is 0 Å². The Bertz CT molecular complexity index is 862. The number of ether oxygens (including phenoxy) is 1. The Morgan fingerprint density at radius 2 is 2.14 bits per heavy atom. The number of carbonyl (C=O) groups is 1. The Balaban J connectivity index is 1.78. The summed E-state index contributed by atoms with van der Waals surface area (Å²) in [5.41, 5.74) is 3.63. The fourth-order valence-electron chi connectivity index (χ4n) is 5.49. The maximum atomic E-state index is 12.9. The van der Waals surface area contributed by atoms with Crippen molar-refractivity contribution in [2.45, 2.75) is 63.7 Å². The summed E-state index contributed by atoms with van der Waals surface area (Å²) in [5.74, 6) is 0.404. The first-order valence-corrected chi connectivity index (χ1v) is 10.8. The van der Waals surface area contributed by atoms with E-state index in [1.54, 1.807) is 0 Å². The fraction of sp³-hybridized carbons (Fsp3) is 0.609. The minimum absolute atomic E-state index is 0.138. The van der Waals surface area contributed by atoms with Crippen LogP contribution in [0.1, 0.15) is 50.4 Å². The van der Waals surface area contributed by atoms with E-state index in [-0.39, 0.29) is 24.7 Å². The second-order valence-electron chi connectivity index (χ2n) is 8.90. The lowest BCUT2D eigenvalue weighted by Crippen LogP contribution is -2.59. The number of piperidine rings is 1. The van der Waals surface area contributed by atoms with Crippen molar-refractivity contribution in [1.82, 2.24) is 15.2 Å². The standard InChI is InChI=1S/C23H33N3O3/c1-14(2)10-16-11-15(24-8-9-27)12-20-22-18(13-21(26(16)20)23(28)29-3)17-6-4-5-7-19(17)25-22/h4-7,14-16,20-21,24-25,27H,8-13H2,1-3H3/t15-,16+,20+,21-/m0/s1. The molecule has 0 saturated carbocycles. The number of benzene rings is 1. The van der Waals surface area contributed by atoms with E-state index in [2.05, 4.69) is 47.2 Å². The molecule has 2 aliphatic heterocycles. The molecule has 3 N–H and O–H groups in total. The monoisotopic (exact) mass is 399 g/mol. The summed E-state index contributed by atoms with van der Waals surface area (Å²) in [4.78, 5) is 19.0. The summed E-state index contributed by atoms with van der Waals surface area (Å²) in [7, 11) is 1.50. The molecule has 1 saturated heterocycles. The van der Waals surface area contributed by atoms with Gasteiger partial charge in [-0.1, -0.05) is 32.0 Å². The minimum atomic E-state index is -0.251. The lowest BCUT2D eigenvalue weighted by molar-refractivity contribution is -0.152. The number of rotatable bonds is 6. The number of methoxy groups -OCH3 is 1. The molecule has 6 nitrogen and oxygen atoms in total. The van der Waals surface area contributed by atoms with E-state index in [4.69, 9.17) is 4.74 Å². The molecule has 2 aromatic rings. The van der Waals surface area contributed by atoms with Crippen LogP contribution in [0, 0.1) is 5.92 Å². The zero-order valence-corrected chi connectivity index (χ0v) is 17.6. The summed E-state index contributed by atoms with van der Waals surface area (Å²) >= 11 is 0. The maximum absolute atomic E-state index is 12.9. The average molecular weight is 400 g/mol. The molecular weight excluding hydrogens is 366 g/mol. The first kappa shape index (κ1) is 20.4. The molecule has 4 atom stereocenters. The molecule has 6 heteroatoms. The van der Waals surface area contributed by atoms with Crippen LogP contribution in [0.3, 0.4) is 0 Å². The summed E-state index contributed by atoms with van der Waals surface area (Å²) < 4.78 is 5.25. The van der Waals surface area contributed by atoms with Gasteiger partial charge in [0, 0.05) is 41.6 Å². The number of aromatic nitrogens is 1. The number of nitrogens with one attached hydrogen (secondary N) is 2. The van der Waals surface area contributed by atoms with Gasteiger partial charge in [0.2, 0.25) is 0 Å². The van der Waals surface area contributed by atoms with Crippen molar-refractivity contribution in [2.75, 3.05) is 20.3 Å². The van der Waals surface area contributed by atoms with E-state index in [0.717, 1.165) is 24.8 Å². The molecule has 158 valence electrons. The molecule has 3 heterocycles. The van der Waals surface area contributed by atoms with Gasteiger partial charge in [0.05, 0.1) is 19.8 Å². The SMILES string of the molecule is COC(=O)[C@@H]1Cc2c([nH]c3ccccc23)[C@H]2C[C@@H](NCCO)C[C@@H](CC(C)C)N21. The van der Waals surface area contributed by atoms with Crippen LogP contribution in [-0.4, -0.2) is 59.3 Å². The van der Waals surface area contributed by atoms with Crippen molar-refractivity contribution in [3.8, 4) is 0 Å². The molecule has 2 aliphatic rings. The Labute approximate surface area is 172 Å². The molecule has 29 heavy (non-hydrogen) atoms. The third kappa shape index (κ3) is 3.81.